The number of halogens is 3. The molecule has 0 spiro atoms. The van der Waals surface area contributed by atoms with Crippen molar-refractivity contribution in [1.29, 1.82) is 0 Å². The predicted octanol–water partition coefficient (Wildman–Crippen LogP) is 5.07. The topological polar surface area (TPSA) is 21.3 Å². The van der Waals surface area contributed by atoms with Crippen molar-refractivity contribution < 1.29 is 4.74 Å². The third-order valence-corrected chi connectivity index (χ3v) is 3.13. The summed E-state index contributed by atoms with van der Waals surface area (Å²) in [6, 6.07) is 12.9. The van der Waals surface area contributed by atoms with Gasteiger partial charge in [0.1, 0.15) is 11.5 Å². The molecule has 0 fully saturated rings. The minimum atomic E-state index is 0.548. The fourth-order valence-electron chi connectivity index (χ4n) is 1.64. The number of rotatable bonds is 5. The Balaban J connectivity index is 2.06. The van der Waals surface area contributed by atoms with Crippen LogP contribution in [-0.2, 0) is 6.42 Å². The second-order valence-corrected chi connectivity index (χ2v) is 5.12. The van der Waals surface area contributed by atoms with E-state index in [4.69, 9.17) is 39.7 Å². The Labute approximate surface area is 127 Å². The molecule has 0 aliphatic rings. The first kappa shape index (κ1) is 14.5. The van der Waals surface area contributed by atoms with E-state index in [2.05, 4.69) is 4.84 Å². The van der Waals surface area contributed by atoms with Gasteiger partial charge in [0, 0.05) is 16.6 Å². The summed E-state index contributed by atoms with van der Waals surface area (Å²) in [4.78, 5) is 2.59. The first-order valence-corrected chi connectivity index (χ1v) is 6.87. The second-order valence-electron chi connectivity index (χ2n) is 3.98. The normalized spacial score (nSPS) is 10.5. The van der Waals surface area contributed by atoms with E-state index in [9.17, 15) is 0 Å². The summed E-state index contributed by atoms with van der Waals surface area (Å²) >= 11 is 17.2. The summed E-state index contributed by atoms with van der Waals surface area (Å²) in [5, 5.41) is 1.10. The Bertz CT molecular complexity index is 523. The van der Waals surface area contributed by atoms with Crippen LogP contribution in [0.4, 0.5) is 0 Å². The van der Waals surface area contributed by atoms with Crippen molar-refractivity contribution in [2.24, 2.45) is 0 Å². The number of nitrogens with one attached hydrogen (secondary N) is 1. The fraction of sp³-hybridized carbons (Fsp3) is 0.143. The fourth-order valence-corrected chi connectivity index (χ4v) is 2.24. The van der Waals surface area contributed by atoms with E-state index >= 15 is 0 Å². The second kappa shape index (κ2) is 7.01. The molecule has 0 atom stereocenters. The Morgan fingerprint density at radius 2 is 1.53 bits per heavy atom. The highest BCUT2D eigenvalue weighted by atomic mass is 35.5. The van der Waals surface area contributed by atoms with Crippen molar-refractivity contribution in [3.63, 3.8) is 0 Å². The van der Waals surface area contributed by atoms with Crippen molar-refractivity contribution in [2.45, 2.75) is 6.42 Å². The summed E-state index contributed by atoms with van der Waals surface area (Å²) in [5.74, 6) is 1.36. The van der Waals surface area contributed by atoms with Crippen LogP contribution in [0.25, 0.3) is 0 Å². The van der Waals surface area contributed by atoms with Gasteiger partial charge in [-0.15, -0.1) is 0 Å². The van der Waals surface area contributed by atoms with Crippen LogP contribution in [-0.4, -0.2) is 6.54 Å². The van der Waals surface area contributed by atoms with Gasteiger partial charge in [-0.25, -0.2) is 4.84 Å². The molecule has 19 heavy (non-hydrogen) atoms. The monoisotopic (exact) mass is 315 g/mol. The molecule has 0 bridgehead atoms. The van der Waals surface area contributed by atoms with Crippen LogP contribution in [0.1, 0.15) is 5.56 Å². The van der Waals surface area contributed by atoms with Gasteiger partial charge in [0.2, 0.25) is 0 Å². The van der Waals surface area contributed by atoms with Crippen molar-refractivity contribution in [1.82, 2.24) is 4.84 Å². The summed E-state index contributed by atoms with van der Waals surface area (Å²) in [7, 11) is 0. The SMILES string of the molecule is ClNCCc1ccc(Oc2cc(Cl)cc(Cl)c2)cc1. The average molecular weight is 317 g/mol. The molecule has 0 unspecified atom stereocenters. The number of hydrogen-bond donors (Lipinski definition) is 1. The van der Waals surface area contributed by atoms with E-state index in [0.717, 1.165) is 18.7 Å². The molecule has 0 heterocycles. The molecular formula is C14H12Cl3NO. The highest BCUT2D eigenvalue weighted by Crippen LogP contribution is 2.28. The summed E-state index contributed by atoms with van der Waals surface area (Å²) < 4.78 is 5.69. The van der Waals surface area contributed by atoms with Gasteiger partial charge >= 0.3 is 0 Å². The van der Waals surface area contributed by atoms with Gasteiger partial charge in [0.15, 0.2) is 0 Å². The van der Waals surface area contributed by atoms with Gasteiger partial charge in [-0.2, -0.15) is 0 Å². The number of benzene rings is 2. The molecule has 2 nitrogen and oxygen atoms in total. The average Bonchev–Trinajstić information content (AvgIpc) is 2.37. The molecule has 0 radical (unpaired) electrons. The Morgan fingerprint density at radius 3 is 2.11 bits per heavy atom. The van der Waals surface area contributed by atoms with Crippen molar-refractivity contribution in [3.05, 3.63) is 58.1 Å². The van der Waals surface area contributed by atoms with Gasteiger partial charge in [0.05, 0.1) is 0 Å². The zero-order chi connectivity index (χ0) is 13.7. The van der Waals surface area contributed by atoms with E-state index in [0.29, 0.717) is 15.8 Å². The predicted molar refractivity (Wildman–Crippen MR) is 80.5 cm³/mol. The van der Waals surface area contributed by atoms with Gasteiger partial charge < -0.3 is 4.74 Å². The minimum absolute atomic E-state index is 0.548. The molecule has 2 rings (SSSR count). The van der Waals surface area contributed by atoms with Gasteiger partial charge in [-0.1, -0.05) is 35.3 Å². The minimum Gasteiger partial charge on any atom is -0.457 e. The van der Waals surface area contributed by atoms with Crippen molar-refractivity contribution in [3.8, 4) is 11.5 Å². The summed E-state index contributed by atoms with van der Waals surface area (Å²) in [6.45, 7) is 0.728. The molecule has 0 saturated heterocycles. The highest BCUT2D eigenvalue weighted by Gasteiger charge is 2.01. The zero-order valence-electron chi connectivity index (χ0n) is 10.00. The van der Waals surface area contributed by atoms with E-state index in [1.54, 1.807) is 18.2 Å². The first-order valence-electron chi connectivity index (χ1n) is 5.74. The van der Waals surface area contributed by atoms with E-state index < -0.39 is 0 Å². The van der Waals surface area contributed by atoms with Crippen LogP contribution in [0.5, 0.6) is 11.5 Å². The molecule has 100 valence electrons. The van der Waals surface area contributed by atoms with Crippen molar-refractivity contribution >= 4 is 35.0 Å². The lowest BCUT2D eigenvalue weighted by Gasteiger charge is -2.07. The van der Waals surface area contributed by atoms with Gasteiger partial charge in [-0.05, 0) is 54.1 Å². The zero-order valence-corrected chi connectivity index (χ0v) is 12.3. The molecule has 5 heteroatoms. The maximum absolute atomic E-state index is 5.91. The molecule has 2 aromatic rings. The van der Waals surface area contributed by atoms with E-state index in [-0.39, 0.29) is 0 Å². The lowest BCUT2D eigenvalue weighted by atomic mass is 10.1. The Hall–Kier alpha value is -0.930. The Kier molecular flexibility index (Phi) is 5.34. The number of ether oxygens (including phenoxy) is 1. The lowest BCUT2D eigenvalue weighted by molar-refractivity contribution is 0.482. The number of hydrogen-bond acceptors (Lipinski definition) is 2. The van der Waals surface area contributed by atoms with Crippen LogP contribution in [0.2, 0.25) is 10.0 Å². The lowest BCUT2D eigenvalue weighted by Crippen LogP contribution is -2.03. The van der Waals surface area contributed by atoms with Crippen LogP contribution in [0.15, 0.2) is 42.5 Å². The van der Waals surface area contributed by atoms with Crippen molar-refractivity contribution in [2.75, 3.05) is 6.54 Å². The molecule has 0 aliphatic carbocycles. The van der Waals surface area contributed by atoms with Gasteiger partial charge in [-0.3, -0.25) is 0 Å². The smallest absolute Gasteiger partial charge is 0.130 e. The maximum Gasteiger partial charge on any atom is 0.130 e. The summed E-state index contributed by atoms with van der Waals surface area (Å²) in [6.07, 6.45) is 0.868. The Morgan fingerprint density at radius 1 is 0.895 bits per heavy atom. The third-order valence-electron chi connectivity index (χ3n) is 2.50. The molecule has 2 aromatic carbocycles. The quantitative estimate of drug-likeness (QED) is 0.777. The van der Waals surface area contributed by atoms with Crippen LogP contribution in [0.3, 0.4) is 0 Å². The molecule has 0 aliphatic heterocycles. The highest BCUT2D eigenvalue weighted by molar-refractivity contribution is 6.34. The van der Waals surface area contributed by atoms with E-state index in [1.165, 1.54) is 5.56 Å². The van der Waals surface area contributed by atoms with Crippen LogP contribution in [0, 0.1) is 0 Å². The molecule has 0 saturated carbocycles. The summed E-state index contributed by atoms with van der Waals surface area (Å²) in [5.41, 5.74) is 1.18. The molecule has 0 amide bonds. The largest absolute Gasteiger partial charge is 0.457 e. The molecular weight excluding hydrogens is 305 g/mol. The third kappa shape index (κ3) is 4.59. The van der Waals surface area contributed by atoms with Gasteiger partial charge in [0.25, 0.3) is 0 Å². The molecule has 0 aromatic heterocycles. The van der Waals surface area contributed by atoms with E-state index in [1.807, 2.05) is 24.3 Å². The van der Waals surface area contributed by atoms with Crippen LogP contribution >= 0.6 is 35.0 Å². The first-order chi connectivity index (χ1) is 9.17. The standard InChI is InChI=1S/C14H12Cl3NO/c15-11-7-12(16)9-14(8-11)19-13-3-1-10(2-4-13)5-6-18-17/h1-4,7-9,18H,5-6H2. The molecule has 1 N–H and O–H groups in total. The van der Waals surface area contributed by atoms with Crippen LogP contribution < -0.4 is 9.57 Å². The maximum atomic E-state index is 5.91.